The van der Waals surface area contributed by atoms with Crippen LogP contribution in [0.2, 0.25) is 0 Å². The van der Waals surface area contributed by atoms with E-state index in [9.17, 15) is 0 Å². The third-order valence-corrected chi connectivity index (χ3v) is 4.39. The minimum Gasteiger partial charge on any atom is -0.347 e. The first-order chi connectivity index (χ1) is 11.2. The van der Waals surface area contributed by atoms with E-state index in [0.29, 0.717) is 26.4 Å². The first-order valence-electron chi connectivity index (χ1n) is 8.80. The average molecular weight is 355 g/mol. The molecule has 8 heteroatoms. The van der Waals surface area contributed by atoms with Crippen LogP contribution >= 0.6 is 0 Å². The molecule has 0 aromatic rings. The van der Waals surface area contributed by atoms with E-state index >= 15 is 0 Å². The lowest BCUT2D eigenvalue weighted by Crippen LogP contribution is -2.49. The Kier molecular flexibility index (Phi) is 16.7. The van der Waals surface area contributed by atoms with Crippen molar-refractivity contribution in [1.29, 1.82) is 0 Å². The fraction of sp³-hybridized carbons (Fsp3) is 1.00. The maximum atomic E-state index is 5.66. The van der Waals surface area contributed by atoms with Gasteiger partial charge in [0, 0.05) is 6.61 Å². The summed E-state index contributed by atoms with van der Waals surface area (Å²) < 4.78 is 21.2. The average Bonchev–Trinajstić information content (AvgIpc) is 2.58. The third-order valence-electron chi connectivity index (χ3n) is 2.86. The number of hydrogen-bond acceptors (Lipinski definition) is 7. The Balaban J connectivity index is 4.14. The Labute approximate surface area is 141 Å². The van der Waals surface area contributed by atoms with Crippen molar-refractivity contribution in [2.24, 2.45) is 0 Å². The molecule has 0 fully saturated rings. The van der Waals surface area contributed by atoms with Gasteiger partial charge in [0.1, 0.15) is 0 Å². The second-order valence-corrected chi connectivity index (χ2v) is 6.73. The van der Waals surface area contributed by atoms with Gasteiger partial charge >= 0.3 is 9.05 Å². The molecule has 0 atom stereocenters. The van der Waals surface area contributed by atoms with Crippen LogP contribution in [0.15, 0.2) is 0 Å². The zero-order chi connectivity index (χ0) is 17.2. The fourth-order valence-corrected chi connectivity index (χ4v) is 3.17. The molecule has 0 amide bonds. The minimum atomic E-state index is -3.61. The molecule has 0 saturated heterocycles. The fourth-order valence-electron chi connectivity index (χ4n) is 1.76. The van der Waals surface area contributed by atoms with Gasteiger partial charge in [-0.2, -0.15) is 13.7 Å². The monoisotopic (exact) mass is 354 g/mol. The molecule has 0 aromatic carbocycles. The van der Waals surface area contributed by atoms with Gasteiger partial charge in [-0.25, -0.2) is 14.7 Å². The smallest absolute Gasteiger partial charge is 0.347 e. The molecule has 0 radical (unpaired) electrons. The van der Waals surface area contributed by atoms with Gasteiger partial charge < -0.3 is 4.43 Å². The van der Waals surface area contributed by atoms with Gasteiger partial charge in [0.25, 0.3) is 0 Å². The van der Waals surface area contributed by atoms with Crippen LogP contribution in [0.5, 0.6) is 0 Å². The molecule has 0 aliphatic carbocycles. The summed E-state index contributed by atoms with van der Waals surface area (Å²) in [7, 11) is -3.61. The van der Waals surface area contributed by atoms with E-state index < -0.39 is 9.05 Å². The molecule has 0 aliphatic heterocycles. The van der Waals surface area contributed by atoms with Crippen molar-refractivity contribution < 1.29 is 32.8 Å². The summed E-state index contributed by atoms with van der Waals surface area (Å²) in [4.78, 5) is 14.8. The molecule has 0 spiro atoms. The standard InChI is InChI=1S/C15H34O7Si/c1-5-9-10-11-12-13-14-15-19-23(20-16-6-2,21-17-7-3)22-18-8-4/h5-15H2,1-4H3. The van der Waals surface area contributed by atoms with Crippen LogP contribution in [-0.2, 0) is 32.8 Å². The van der Waals surface area contributed by atoms with Crippen LogP contribution in [0.3, 0.4) is 0 Å². The number of unbranched alkanes of at least 4 members (excludes halogenated alkanes) is 6. The Morgan fingerprint density at radius 2 is 1.00 bits per heavy atom. The topological polar surface area (TPSA) is 64.6 Å². The van der Waals surface area contributed by atoms with E-state index in [1.807, 2.05) is 0 Å². The second-order valence-electron chi connectivity index (χ2n) is 4.94. The highest BCUT2D eigenvalue weighted by molar-refractivity contribution is 6.52. The van der Waals surface area contributed by atoms with Gasteiger partial charge in [0.05, 0.1) is 19.8 Å². The molecule has 0 aromatic heterocycles. The summed E-state index contributed by atoms with van der Waals surface area (Å²) in [6.45, 7) is 9.02. The molecule has 0 rings (SSSR count). The summed E-state index contributed by atoms with van der Waals surface area (Å²) in [5.74, 6) is 0. The Hall–Kier alpha value is -0.0631. The Morgan fingerprint density at radius 1 is 0.565 bits per heavy atom. The zero-order valence-corrected chi connectivity index (χ0v) is 16.1. The lowest BCUT2D eigenvalue weighted by atomic mass is 10.1. The van der Waals surface area contributed by atoms with Crippen molar-refractivity contribution in [3.8, 4) is 0 Å². The summed E-state index contributed by atoms with van der Waals surface area (Å²) >= 11 is 0. The van der Waals surface area contributed by atoms with E-state index in [4.69, 9.17) is 32.8 Å². The van der Waals surface area contributed by atoms with E-state index in [2.05, 4.69) is 6.92 Å². The van der Waals surface area contributed by atoms with Gasteiger partial charge in [0.15, 0.2) is 0 Å². The lowest BCUT2D eigenvalue weighted by Gasteiger charge is -2.23. The highest BCUT2D eigenvalue weighted by atomic mass is 28.4. The zero-order valence-electron chi connectivity index (χ0n) is 15.1. The second kappa shape index (κ2) is 16.8. The Morgan fingerprint density at radius 3 is 1.43 bits per heavy atom. The molecule has 0 N–H and O–H groups in total. The van der Waals surface area contributed by atoms with Crippen LogP contribution in [0.1, 0.15) is 72.6 Å². The summed E-state index contributed by atoms with van der Waals surface area (Å²) in [5, 5.41) is 0. The van der Waals surface area contributed by atoms with Crippen LogP contribution in [0.4, 0.5) is 0 Å². The van der Waals surface area contributed by atoms with Crippen LogP contribution in [-0.4, -0.2) is 35.5 Å². The largest absolute Gasteiger partial charge is 0.764 e. The molecule has 0 aliphatic rings. The van der Waals surface area contributed by atoms with Crippen LogP contribution in [0.25, 0.3) is 0 Å². The normalized spacial score (nSPS) is 12.0. The molecular weight excluding hydrogens is 320 g/mol. The first-order valence-corrected chi connectivity index (χ1v) is 10.4. The van der Waals surface area contributed by atoms with Gasteiger partial charge in [-0.3, -0.25) is 0 Å². The van der Waals surface area contributed by atoms with Gasteiger partial charge in [0.2, 0.25) is 0 Å². The SMILES string of the molecule is CCCCCCCCCO[Si](OOCC)(OOCC)OOCC. The molecule has 140 valence electrons. The molecular formula is C15H34O7Si. The first kappa shape index (κ1) is 22.9. The van der Waals surface area contributed by atoms with Gasteiger partial charge in [-0.15, -0.1) is 0 Å². The predicted molar refractivity (Wildman–Crippen MR) is 87.8 cm³/mol. The molecule has 23 heavy (non-hydrogen) atoms. The van der Waals surface area contributed by atoms with Crippen molar-refractivity contribution in [3.63, 3.8) is 0 Å². The van der Waals surface area contributed by atoms with Crippen molar-refractivity contribution in [3.05, 3.63) is 0 Å². The number of hydrogen-bond donors (Lipinski definition) is 0. The molecule has 0 unspecified atom stereocenters. The maximum absolute atomic E-state index is 5.66. The third kappa shape index (κ3) is 13.0. The molecule has 0 saturated carbocycles. The van der Waals surface area contributed by atoms with Gasteiger partial charge in [-0.1, -0.05) is 45.4 Å². The summed E-state index contributed by atoms with van der Waals surface area (Å²) in [6, 6.07) is 0. The van der Waals surface area contributed by atoms with E-state index in [1.54, 1.807) is 20.8 Å². The highest BCUT2D eigenvalue weighted by Gasteiger charge is 2.52. The highest BCUT2D eigenvalue weighted by Crippen LogP contribution is 2.15. The molecule has 7 nitrogen and oxygen atoms in total. The van der Waals surface area contributed by atoms with Crippen molar-refractivity contribution >= 4 is 9.05 Å². The van der Waals surface area contributed by atoms with E-state index in [-0.39, 0.29) is 0 Å². The van der Waals surface area contributed by atoms with Crippen LogP contribution in [0, 0.1) is 0 Å². The predicted octanol–water partition coefficient (Wildman–Crippen LogP) is 4.09. The van der Waals surface area contributed by atoms with Crippen LogP contribution < -0.4 is 0 Å². The summed E-state index contributed by atoms with van der Waals surface area (Å²) in [6.07, 6.45) is 8.30. The lowest BCUT2D eigenvalue weighted by molar-refractivity contribution is -0.385. The quantitative estimate of drug-likeness (QED) is 0.159. The van der Waals surface area contributed by atoms with Crippen molar-refractivity contribution in [2.75, 3.05) is 26.4 Å². The van der Waals surface area contributed by atoms with E-state index in [1.165, 1.54) is 32.1 Å². The number of rotatable bonds is 18. The van der Waals surface area contributed by atoms with Crippen molar-refractivity contribution in [1.82, 2.24) is 0 Å². The molecule has 0 heterocycles. The Bertz CT molecular complexity index is 222. The summed E-state index contributed by atoms with van der Waals surface area (Å²) in [5.41, 5.74) is 0. The molecule has 0 bridgehead atoms. The van der Waals surface area contributed by atoms with E-state index in [0.717, 1.165) is 12.8 Å². The van der Waals surface area contributed by atoms with Gasteiger partial charge in [-0.05, 0) is 27.2 Å². The minimum absolute atomic E-state index is 0.334. The maximum Gasteiger partial charge on any atom is 0.764 e. The van der Waals surface area contributed by atoms with Crippen molar-refractivity contribution in [2.45, 2.75) is 72.6 Å².